The Balaban J connectivity index is 2.22. The highest BCUT2D eigenvalue weighted by Crippen LogP contribution is 2.28. The second-order valence-corrected chi connectivity index (χ2v) is 6.70. The summed E-state index contributed by atoms with van der Waals surface area (Å²) in [5, 5.41) is 14.9. The van der Waals surface area contributed by atoms with Crippen LogP contribution in [0.15, 0.2) is 48.5 Å². The predicted molar refractivity (Wildman–Crippen MR) is 104 cm³/mol. The van der Waals surface area contributed by atoms with E-state index in [0.29, 0.717) is 23.4 Å². The molecule has 0 aromatic heterocycles. The van der Waals surface area contributed by atoms with Gasteiger partial charge in [-0.1, -0.05) is 24.3 Å². The van der Waals surface area contributed by atoms with E-state index in [4.69, 9.17) is 4.74 Å². The maximum absolute atomic E-state index is 12.7. The summed E-state index contributed by atoms with van der Waals surface area (Å²) in [4.78, 5) is 35.1. The predicted octanol–water partition coefficient (Wildman–Crippen LogP) is 2.45. The van der Waals surface area contributed by atoms with Gasteiger partial charge in [0.25, 0.3) is 5.91 Å². The van der Waals surface area contributed by atoms with Gasteiger partial charge < -0.3 is 20.5 Å². The summed E-state index contributed by atoms with van der Waals surface area (Å²) < 4.78 is 5.21. The van der Waals surface area contributed by atoms with Crippen molar-refractivity contribution in [2.75, 3.05) is 7.11 Å². The van der Waals surface area contributed by atoms with Crippen LogP contribution < -0.4 is 15.4 Å². The summed E-state index contributed by atoms with van der Waals surface area (Å²) >= 11 is 0. The molecule has 148 valence electrons. The Morgan fingerprint density at radius 2 is 1.79 bits per heavy atom. The van der Waals surface area contributed by atoms with Crippen molar-refractivity contribution in [3.05, 3.63) is 65.2 Å². The van der Waals surface area contributed by atoms with Gasteiger partial charge >= 0.3 is 5.97 Å². The fourth-order valence-electron chi connectivity index (χ4n) is 2.81. The van der Waals surface area contributed by atoms with Gasteiger partial charge in [0.2, 0.25) is 5.91 Å². The van der Waals surface area contributed by atoms with Crippen molar-refractivity contribution in [3.63, 3.8) is 0 Å². The molecule has 2 amide bonds. The lowest BCUT2D eigenvalue weighted by Gasteiger charge is -2.30. The van der Waals surface area contributed by atoms with E-state index in [1.54, 1.807) is 55.5 Å². The molecule has 0 saturated carbocycles. The number of carbonyl (C=O) groups excluding carboxylic acids is 2. The van der Waals surface area contributed by atoms with Crippen LogP contribution >= 0.6 is 0 Å². The van der Waals surface area contributed by atoms with Gasteiger partial charge in [-0.05, 0) is 42.3 Å². The van der Waals surface area contributed by atoms with Crippen molar-refractivity contribution in [1.29, 1.82) is 0 Å². The topological polar surface area (TPSA) is 105 Å². The third kappa shape index (κ3) is 5.57. The lowest BCUT2D eigenvalue weighted by Crippen LogP contribution is -2.45. The van der Waals surface area contributed by atoms with Crippen LogP contribution in [0.4, 0.5) is 0 Å². The van der Waals surface area contributed by atoms with E-state index in [1.807, 2.05) is 0 Å². The number of nitrogens with one attached hydrogen (secondary N) is 2. The minimum Gasteiger partial charge on any atom is -0.497 e. The van der Waals surface area contributed by atoms with Crippen molar-refractivity contribution in [1.82, 2.24) is 10.6 Å². The molecule has 0 bridgehead atoms. The van der Waals surface area contributed by atoms with E-state index < -0.39 is 17.4 Å². The maximum Gasteiger partial charge on any atom is 0.306 e. The average molecular weight is 384 g/mol. The number of ether oxygens (including phenoxy) is 1. The zero-order chi connectivity index (χ0) is 20.7. The SMILES string of the molecule is COc1cccc(C(C)(CC(=O)O)NC(=O)c2ccc(CNC(C)=O)cc2)c1. The number of methoxy groups -OCH3 is 1. The molecule has 2 rings (SSSR count). The number of rotatable bonds is 8. The van der Waals surface area contributed by atoms with E-state index in [1.165, 1.54) is 14.0 Å². The van der Waals surface area contributed by atoms with E-state index in [0.717, 1.165) is 5.56 Å². The molecule has 0 saturated heterocycles. The second-order valence-electron chi connectivity index (χ2n) is 6.70. The Morgan fingerprint density at radius 1 is 1.11 bits per heavy atom. The van der Waals surface area contributed by atoms with Crippen LogP contribution in [0.3, 0.4) is 0 Å². The third-order valence-electron chi connectivity index (χ3n) is 4.36. The number of aliphatic carboxylic acids is 1. The summed E-state index contributed by atoms with van der Waals surface area (Å²) in [6.07, 6.45) is -0.285. The Labute approximate surface area is 163 Å². The normalized spacial score (nSPS) is 12.5. The maximum atomic E-state index is 12.7. The number of carboxylic acids is 1. The Morgan fingerprint density at radius 3 is 2.36 bits per heavy atom. The zero-order valence-corrected chi connectivity index (χ0v) is 16.1. The number of carboxylic acid groups (broad SMARTS) is 1. The van der Waals surface area contributed by atoms with Gasteiger partial charge in [0, 0.05) is 19.0 Å². The second kappa shape index (κ2) is 9.03. The molecular formula is C21H24N2O5. The fourth-order valence-corrected chi connectivity index (χ4v) is 2.81. The van der Waals surface area contributed by atoms with Gasteiger partial charge in [0.05, 0.1) is 19.1 Å². The first-order valence-corrected chi connectivity index (χ1v) is 8.76. The molecule has 1 atom stereocenters. The standard InChI is InChI=1S/C21H24N2O5/c1-14(24)22-13-15-7-9-16(10-8-15)20(27)23-21(2,12-19(25)26)17-5-4-6-18(11-17)28-3/h4-11H,12-13H2,1-3H3,(H,22,24)(H,23,27)(H,25,26). The first-order chi connectivity index (χ1) is 13.2. The average Bonchev–Trinajstić information content (AvgIpc) is 2.66. The summed E-state index contributed by atoms with van der Waals surface area (Å²) in [6, 6.07) is 13.7. The number of amides is 2. The van der Waals surface area contributed by atoms with Gasteiger partial charge in [-0.3, -0.25) is 14.4 Å². The highest BCUT2D eigenvalue weighted by Gasteiger charge is 2.32. The molecule has 2 aromatic carbocycles. The fraction of sp³-hybridized carbons (Fsp3) is 0.286. The van der Waals surface area contributed by atoms with Crippen LogP contribution in [0.25, 0.3) is 0 Å². The number of benzene rings is 2. The molecule has 0 spiro atoms. The molecule has 0 fully saturated rings. The van der Waals surface area contributed by atoms with Crippen LogP contribution in [0, 0.1) is 0 Å². The smallest absolute Gasteiger partial charge is 0.306 e. The highest BCUT2D eigenvalue weighted by molar-refractivity contribution is 5.95. The summed E-state index contributed by atoms with van der Waals surface area (Å²) in [6.45, 7) is 3.47. The molecule has 2 aromatic rings. The van der Waals surface area contributed by atoms with Crippen molar-refractivity contribution >= 4 is 17.8 Å². The molecular weight excluding hydrogens is 360 g/mol. The Hall–Kier alpha value is -3.35. The number of carbonyl (C=O) groups is 3. The monoisotopic (exact) mass is 384 g/mol. The highest BCUT2D eigenvalue weighted by atomic mass is 16.5. The number of hydrogen-bond acceptors (Lipinski definition) is 4. The largest absolute Gasteiger partial charge is 0.497 e. The van der Waals surface area contributed by atoms with Crippen molar-refractivity contribution in [2.24, 2.45) is 0 Å². The molecule has 28 heavy (non-hydrogen) atoms. The van der Waals surface area contributed by atoms with Gasteiger partial charge in [-0.25, -0.2) is 0 Å². The Kier molecular flexibility index (Phi) is 6.76. The molecule has 0 aliphatic rings. The minimum absolute atomic E-state index is 0.135. The van der Waals surface area contributed by atoms with Crippen LogP contribution in [0.2, 0.25) is 0 Å². The van der Waals surface area contributed by atoms with Crippen molar-refractivity contribution < 1.29 is 24.2 Å². The van der Waals surface area contributed by atoms with Crippen LogP contribution in [0.5, 0.6) is 5.75 Å². The van der Waals surface area contributed by atoms with Gasteiger partial charge in [0.1, 0.15) is 5.75 Å². The quantitative estimate of drug-likeness (QED) is 0.648. The molecule has 0 aliphatic heterocycles. The van der Waals surface area contributed by atoms with Crippen LogP contribution in [-0.4, -0.2) is 30.0 Å². The molecule has 0 radical (unpaired) electrons. The molecule has 0 heterocycles. The van der Waals surface area contributed by atoms with E-state index in [9.17, 15) is 19.5 Å². The minimum atomic E-state index is -1.12. The summed E-state index contributed by atoms with van der Waals surface area (Å²) in [7, 11) is 1.52. The Bertz CT molecular complexity index is 863. The number of hydrogen-bond donors (Lipinski definition) is 3. The van der Waals surface area contributed by atoms with E-state index in [2.05, 4.69) is 10.6 Å². The van der Waals surface area contributed by atoms with Gasteiger partial charge in [-0.2, -0.15) is 0 Å². The zero-order valence-electron chi connectivity index (χ0n) is 16.1. The summed E-state index contributed by atoms with van der Waals surface area (Å²) in [5.41, 5.74) is 0.760. The molecule has 0 aliphatic carbocycles. The van der Waals surface area contributed by atoms with Gasteiger partial charge in [0.15, 0.2) is 0 Å². The first-order valence-electron chi connectivity index (χ1n) is 8.76. The lowest BCUT2D eigenvalue weighted by molar-refractivity contribution is -0.138. The van der Waals surface area contributed by atoms with Crippen molar-refractivity contribution in [3.8, 4) is 5.75 Å². The first kappa shape index (κ1) is 21.0. The molecule has 7 heteroatoms. The molecule has 7 nitrogen and oxygen atoms in total. The molecule has 1 unspecified atom stereocenters. The van der Waals surface area contributed by atoms with Crippen molar-refractivity contribution in [2.45, 2.75) is 32.4 Å². The van der Waals surface area contributed by atoms with E-state index >= 15 is 0 Å². The lowest BCUT2D eigenvalue weighted by atomic mass is 9.88. The summed E-state index contributed by atoms with van der Waals surface area (Å²) in [5.74, 6) is -0.982. The third-order valence-corrected chi connectivity index (χ3v) is 4.36. The molecule has 3 N–H and O–H groups in total. The van der Waals surface area contributed by atoms with Crippen LogP contribution in [0.1, 0.15) is 41.8 Å². The van der Waals surface area contributed by atoms with Crippen LogP contribution in [-0.2, 0) is 21.7 Å². The van der Waals surface area contributed by atoms with E-state index in [-0.39, 0.29) is 12.3 Å². The van der Waals surface area contributed by atoms with Gasteiger partial charge in [-0.15, -0.1) is 0 Å².